The molecule has 0 saturated carbocycles. The fourth-order valence-corrected chi connectivity index (χ4v) is 3.05. The summed E-state index contributed by atoms with van der Waals surface area (Å²) in [6, 6.07) is 11.4. The van der Waals surface area contributed by atoms with Crippen molar-refractivity contribution in [2.45, 2.75) is 25.5 Å². The fraction of sp³-hybridized carbons (Fsp3) is 0.389. The molecule has 0 spiro atoms. The third kappa shape index (κ3) is 5.23. The molecule has 1 aromatic carbocycles. The number of piperidine rings is 1. The number of rotatable bonds is 5. The summed E-state index contributed by atoms with van der Waals surface area (Å²) in [6.07, 6.45) is 1.95. The Morgan fingerprint density at radius 1 is 1.24 bits per heavy atom. The second-order valence-corrected chi connectivity index (χ2v) is 6.82. The number of carbonyl (C=O) groups excluding carboxylic acids is 1. The van der Waals surface area contributed by atoms with E-state index < -0.39 is 0 Å². The Balaban J connectivity index is 0.00000225. The smallest absolute Gasteiger partial charge is 0.289 e. The first-order chi connectivity index (χ1) is 11.6. The standard InChI is InChI=1S/C18H21BrN2O3.ClH/c1-21(14-8-10-20-11-9-14)18(22)17-7-6-16(24-17)12-23-15-4-2-13(19)3-5-15;/h2-7,14,20H,8-12H2,1H3;1H. The van der Waals surface area contributed by atoms with Crippen molar-refractivity contribution in [2.75, 3.05) is 20.1 Å². The second-order valence-electron chi connectivity index (χ2n) is 5.91. The molecule has 136 valence electrons. The lowest BCUT2D eigenvalue weighted by molar-refractivity contribution is 0.0667. The molecule has 7 heteroatoms. The number of halogens is 2. The Labute approximate surface area is 162 Å². The van der Waals surface area contributed by atoms with Gasteiger partial charge < -0.3 is 19.4 Å². The van der Waals surface area contributed by atoms with Crippen molar-refractivity contribution in [2.24, 2.45) is 0 Å². The zero-order chi connectivity index (χ0) is 16.9. The van der Waals surface area contributed by atoms with E-state index in [1.165, 1.54) is 0 Å². The van der Waals surface area contributed by atoms with Gasteiger partial charge >= 0.3 is 0 Å². The van der Waals surface area contributed by atoms with E-state index in [1.54, 1.807) is 17.0 Å². The molecule has 1 aliphatic rings. The van der Waals surface area contributed by atoms with Crippen molar-refractivity contribution in [1.82, 2.24) is 10.2 Å². The highest BCUT2D eigenvalue weighted by Crippen LogP contribution is 2.19. The van der Waals surface area contributed by atoms with Crippen molar-refractivity contribution in [3.63, 3.8) is 0 Å². The highest BCUT2D eigenvalue weighted by atomic mass is 79.9. The van der Waals surface area contributed by atoms with E-state index in [4.69, 9.17) is 9.15 Å². The van der Waals surface area contributed by atoms with Gasteiger partial charge in [0.25, 0.3) is 5.91 Å². The number of benzene rings is 1. The molecule has 0 aliphatic carbocycles. The lowest BCUT2D eigenvalue weighted by Crippen LogP contribution is -2.43. The lowest BCUT2D eigenvalue weighted by Gasteiger charge is -2.31. The van der Waals surface area contributed by atoms with Gasteiger partial charge in [-0.2, -0.15) is 0 Å². The Morgan fingerprint density at radius 3 is 2.60 bits per heavy atom. The first-order valence-corrected chi connectivity index (χ1v) is 8.88. The van der Waals surface area contributed by atoms with E-state index in [9.17, 15) is 4.79 Å². The van der Waals surface area contributed by atoms with E-state index in [-0.39, 0.29) is 24.4 Å². The van der Waals surface area contributed by atoms with Gasteiger partial charge in [0.2, 0.25) is 0 Å². The maximum atomic E-state index is 12.5. The number of nitrogens with one attached hydrogen (secondary N) is 1. The summed E-state index contributed by atoms with van der Waals surface area (Å²) in [7, 11) is 1.85. The molecule has 0 bridgehead atoms. The van der Waals surface area contributed by atoms with Crippen LogP contribution in [-0.4, -0.2) is 37.0 Å². The lowest BCUT2D eigenvalue weighted by atomic mass is 10.1. The molecule has 0 radical (unpaired) electrons. The number of nitrogens with zero attached hydrogens (tertiary/aromatic N) is 1. The number of furan rings is 1. The molecule has 1 aromatic heterocycles. The van der Waals surface area contributed by atoms with Crippen LogP contribution in [0.2, 0.25) is 0 Å². The minimum Gasteiger partial charge on any atom is -0.486 e. The highest BCUT2D eigenvalue weighted by molar-refractivity contribution is 9.10. The van der Waals surface area contributed by atoms with E-state index in [2.05, 4.69) is 21.2 Å². The van der Waals surface area contributed by atoms with Crippen LogP contribution in [0.4, 0.5) is 0 Å². The van der Waals surface area contributed by atoms with Gasteiger partial charge in [-0.3, -0.25) is 4.79 Å². The first-order valence-electron chi connectivity index (χ1n) is 8.08. The Morgan fingerprint density at radius 2 is 1.92 bits per heavy atom. The molecule has 1 N–H and O–H groups in total. The average Bonchev–Trinajstić information content (AvgIpc) is 3.10. The quantitative estimate of drug-likeness (QED) is 0.784. The van der Waals surface area contributed by atoms with Crippen LogP contribution in [0.3, 0.4) is 0 Å². The van der Waals surface area contributed by atoms with Gasteiger partial charge in [0.1, 0.15) is 18.1 Å². The zero-order valence-corrected chi connectivity index (χ0v) is 16.4. The zero-order valence-electron chi connectivity index (χ0n) is 14.0. The van der Waals surface area contributed by atoms with Gasteiger partial charge in [0, 0.05) is 17.6 Å². The van der Waals surface area contributed by atoms with Gasteiger partial charge in [-0.15, -0.1) is 12.4 Å². The third-order valence-corrected chi connectivity index (χ3v) is 4.77. The summed E-state index contributed by atoms with van der Waals surface area (Å²) >= 11 is 3.39. The normalized spacial score (nSPS) is 14.6. The number of hydrogen-bond acceptors (Lipinski definition) is 4. The van der Waals surface area contributed by atoms with Crippen LogP contribution in [0.5, 0.6) is 5.75 Å². The summed E-state index contributed by atoms with van der Waals surface area (Å²) in [5, 5.41) is 3.31. The van der Waals surface area contributed by atoms with E-state index in [0.29, 0.717) is 18.1 Å². The van der Waals surface area contributed by atoms with Gasteiger partial charge in [-0.05, 0) is 62.3 Å². The molecule has 3 rings (SSSR count). The molecule has 1 saturated heterocycles. The van der Waals surface area contributed by atoms with Crippen LogP contribution in [0.15, 0.2) is 45.3 Å². The van der Waals surface area contributed by atoms with Gasteiger partial charge in [-0.25, -0.2) is 0 Å². The number of amides is 1. The van der Waals surface area contributed by atoms with Crippen LogP contribution < -0.4 is 10.1 Å². The Hall–Kier alpha value is -1.50. The van der Waals surface area contributed by atoms with Gasteiger partial charge in [0.05, 0.1) is 0 Å². The summed E-state index contributed by atoms with van der Waals surface area (Å²) < 4.78 is 12.3. The number of hydrogen-bond donors (Lipinski definition) is 1. The SMILES string of the molecule is CN(C(=O)c1ccc(COc2ccc(Br)cc2)o1)C1CCNCC1.Cl. The molecule has 1 aliphatic heterocycles. The van der Waals surface area contributed by atoms with Gasteiger partial charge in [0.15, 0.2) is 5.76 Å². The van der Waals surface area contributed by atoms with E-state index in [1.807, 2.05) is 31.3 Å². The van der Waals surface area contributed by atoms with Crippen molar-refractivity contribution >= 4 is 34.2 Å². The van der Waals surface area contributed by atoms with Crippen LogP contribution >= 0.6 is 28.3 Å². The molecular formula is C18H22BrClN2O3. The Kier molecular flexibility index (Phi) is 7.35. The van der Waals surface area contributed by atoms with Crippen LogP contribution in [0.25, 0.3) is 0 Å². The fourth-order valence-electron chi connectivity index (χ4n) is 2.79. The second kappa shape index (κ2) is 9.27. The van der Waals surface area contributed by atoms with Crippen LogP contribution in [0, 0.1) is 0 Å². The largest absolute Gasteiger partial charge is 0.486 e. The summed E-state index contributed by atoms with van der Waals surface area (Å²) in [5.74, 6) is 1.69. The molecule has 0 unspecified atom stereocenters. The monoisotopic (exact) mass is 428 g/mol. The van der Waals surface area contributed by atoms with Crippen LogP contribution in [-0.2, 0) is 6.61 Å². The molecule has 1 amide bonds. The molecule has 25 heavy (non-hydrogen) atoms. The summed E-state index contributed by atoms with van der Waals surface area (Å²) in [4.78, 5) is 14.3. The van der Waals surface area contributed by atoms with Crippen molar-refractivity contribution in [3.8, 4) is 5.75 Å². The summed E-state index contributed by atoms with van der Waals surface area (Å²) in [6.45, 7) is 2.20. The van der Waals surface area contributed by atoms with Crippen molar-refractivity contribution in [1.29, 1.82) is 0 Å². The van der Waals surface area contributed by atoms with Crippen LogP contribution in [0.1, 0.15) is 29.2 Å². The van der Waals surface area contributed by atoms with Crippen molar-refractivity contribution in [3.05, 3.63) is 52.4 Å². The number of carbonyl (C=O) groups is 1. The molecule has 2 aromatic rings. The average molecular weight is 430 g/mol. The summed E-state index contributed by atoms with van der Waals surface area (Å²) in [5.41, 5.74) is 0. The van der Waals surface area contributed by atoms with E-state index in [0.717, 1.165) is 36.2 Å². The minimum absolute atomic E-state index is 0. The number of ether oxygens (including phenoxy) is 1. The topological polar surface area (TPSA) is 54.7 Å². The maximum absolute atomic E-state index is 12.5. The predicted octanol–water partition coefficient (Wildman–Crippen LogP) is 3.87. The maximum Gasteiger partial charge on any atom is 0.289 e. The third-order valence-electron chi connectivity index (χ3n) is 4.24. The molecule has 0 atom stereocenters. The van der Waals surface area contributed by atoms with E-state index >= 15 is 0 Å². The predicted molar refractivity (Wildman–Crippen MR) is 102 cm³/mol. The van der Waals surface area contributed by atoms with Crippen molar-refractivity contribution < 1.29 is 13.9 Å². The molecule has 1 fully saturated rings. The molecular weight excluding hydrogens is 408 g/mol. The first kappa shape index (κ1) is 19.8. The molecule has 5 nitrogen and oxygen atoms in total. The molecule has 2 heterocycles. The van der Waals surface area contributed by atoms with Gasteiger partial charge in [-0.1, -0.05) is 15.9 Å². The Bertz CT molecular complexity index is 684. The highest BCUT2D eigenvalue weighted by Gasteiger charge is 2.24. The minimum atomic E-state index is -0.0724.